The summed E-state index contributed by atoms with van der Waals surface area (Å²) in [5.41, 5.74) is 0.517. The fraction of sp³-hybridized carbons (Fsp3) is 0.125. The third kappa shape index (κ3) is 3.20. The fourth-order valence-corrected chi connectivity index (χ4v) is 2.44. The van der Waals surface area contributed by atoms with Crippen LogP contribution in [-0.2, 0) is 11.3 Å². The summed E-state index contributed by atoms with van der Waals surface area (Å²) in [6.07, 6.45) is 3.16. The Morgan fingerprint density at radius 2 is 1.80 bits per heavy atom. The number of non-ortho nitro benzene ring substituents is 1. The largest absolute Gasteiger partial charge is 0.350 e. The summed E-state index contributed by atoms with van der Waals surface area (Å²) < 4.78 is 0. The second-order valence-electron chi connectivity index (χ2n) is 5.32. The molecule has 1 aliphatic heterocycles. The van der Waals surface area contributed by atoms with Gasteiger partial charge in [0, 0.05) is 31.1 Å². The molecule has 0 fully saturated rings. The number of carbonyl (C=O) groups is 3. The Hall–Kier alpha value is -3.62. The lowest BCUT2D eigenvalue weighted by molar-refractivity contribution is -0.384. The number of nitrogens with zero attached hydrogens (tertiary/aromatic N) is 3. The van der Waals surface area contributed by atoms with Gasteiger partial charge < -0.3 is 5.32 Å². The molecule has 9 heteroatoms. The summed E-state index contributed by atoms with van der Waals surface area (Å²) in [6.45, 7) is -0.221. The van der Waals surface area contributed by atoms with Gasteiger partial charge in [0.25, 0.3) is 17.5 Å². The van der Waals surface area contributed by atoms with Gasteiger partial charge in [-0.3, -0.25) is 34.4 Å². The van der Waals surface area contributed by atoms with Gasteiger partial charge in [-0.15, -0.1) is 0 Å². The van der Waals surface area contributed by atoms with Crippen LogP contribution in [0.1, 0.15) is 26.3 Å². The van der Waals surface area contributed by atoms with E-state index < -0.39 is 29.2 Å². The second kappa shape index (κ2) is 6.48. The highest BCUT2D eigenvalue weighted by molar-refractivity contribution is 6.22. The molecule has 1 N–H and O–H groups in total. The summed E-state index contributed by atoms with van der Waals surface area (Å²) in [5, 5.41) is 13.4. The van der Waals surface area contributed by atoms with Crippen molar-refractivity contribution in [3.63, 3.8) is 0 Å². The Bertz CT molecular complexity index is 881. The third-order valence-corrected chi connectivity index (χ3v) is 3.71. The number of rotatable bonds is 5. The van der Waals surface area contributed by atoms with E-state index in [2.05, 4.69) is 10.3 Å². The smallest absolute Gasteiger partial charge is 0.270 e. The number of amides is 3. The molecule has 126 valence electrons. The molecule has 0 atom stereocenters. The molecule has 2 heterocycles. The molecule has 0 bridgehead atoms. The average Bonchev–Trinajstić information content (AvgIpc) is 2.85. The summed E-state index contributed by atoms with van der Waals surface area (Å²) >= 11 is 0. The minimum Gasteiger partial charge on any atom is -0.350 e. The molecule has 3 rings (SSSR count). The van der Waals surface area contributed by atoms with Gasteiger partial charge in [-0.2, -0.15) is 0 Å². The molecule has 0 aliphatic carbocycles. The molecule has 0 unspecified atom stereocenters. The second-order valence-corrected chi connectivity index (χ2v) is 5.32. The Balaban J connectivity index is 1.69. The van der Waals surface area contributed by atoms with E-state index in [9.17, 15) is 24.5 Å². The normalized spacial score (nSPS) is 12.9. The van der Waals surface area contributed by atoms with Crippen LogP contribution in [0.5, 0.6) is 0 Å². The Kier molecular flexibility index (Phi) is 4.21. The van der Waals surface area contributed by atoms with E-state index in [1.165, 1.54) is 6.07 Å². The molecule has 1 aromatic carbocycles. The van der Waals surface area contributed by atoms with Crippen molar-refractivity contribution in [2.24, 2.45) is 0 Å². The first kappa shape index (κ1) is 16.2. The van der Waals surface area contributed by atoms with Crippen molar-refractivity contribution in [3.05, 3.63) is 69.5 Å². The maximum absolute atomic E-state index is 12.3. The predicted octanol–water partition coefficient (Wildman–Crippen LogP) is 0.902. The molecule has 0 radical (unpaired) electrons. The van der Waals surface area contributed by atoms with Crippen molar-refractivity contribution in [1.82, 2.24) is 15.2 Å². The van der Waals surface area contributed by atoms with E-state index in [0.29, 0.717) is 0 Å². The number of nitro benzene ring substituents is 1. The molecular weight excluding hydrogens is 328 g/mol. The number of hydrogen-bond donors (Lipinski definition) is 1. The number of carbonyl (C=O) groups excluding carboxylic acids is 3. The number of nitro groups is 1. The number of nitrogens with one attached hydrogen (secondary N) is 1. The quantitative estimate of drug-likeness (QED) is 0.490. The summed E-state index contributed by atoms with van der Waals surface area (Å²) in [5.74, 6) is -1.88. The van der Waals surface area contributed by atoms with Gasteiger partial charge >= 0.3 is 0 Å². The van der Waals surface area contributed by atoms with Crippen molar-refractivity contribution in [2.75, 3.05) is 6.54 Å². The maximum atomic E-state index is 12.3. The van der Waals surface area contributed by atoms with E-state index in [1.54, 1.807) is 24.5 Å². The molecule has 1 aliphatic rings. The van der Waals surface area contributed by atoms with Gasteiger partial charge in [0.15, 0.2) is 0 Å². The van der Waals surface area contributed by atoms with Crippen LogP contribution in [0.2, 0.25) is 0 Å². The highest BCUT2D eigenvalue weighted by atomic mass is 16.6. The lowest BCUT2D eigenvalue weighted by Gasteiger charge is -2.13. The first-order valence-corrected chi connectivity index (χ1v) is 7.27. The molecular formula is C16H12N4O5. The van der Waals surface area contributed by atoms with Gasteiger partial charge in [0.2, 0.25) is 5.91 Å². The van der Waals surface area contributed by atoms with Crippen molar-refractivity contribution in [3.8, 4) is 0 Å². The highest BCUT2D eigenvalue weighted by Crippen LogP contribution is 2.26. The standard InChI is InChI=1S/C16H12N4O5/c21-14(18-8-10-3-5-17-6-4-10)9-19-15(22)12-2-1-11(20(24)25)7-13(12)16(19)23/h1-7H,8-9H2,(H,18,21). The number of pyridine rings is 1. The summed E-state index contributed by atoms with van der Waals surface area (Å²) in [4.78, 5) is 51.3. The van der Waals surface area contributed by atoms with Crippen LogP contribution in [0.15, 0.2) is 42.7 Å². The van der Waals surface area contributed by atoms with Gasteiger partial charge in [-0.25, -0.2) is 0 Å². The van der Waals surface area contributed by atoms with Crippen molar-refractivity contribution >= 4 is 23.4 Å². The van der Waals surface area contributed by atoms with Crippen molar-refractivity contribution in [2.45, 2.75) is 6.54 Å². The minimum atomic E-state index is -0.720. The number of imide groups is 1. The first-order chi connectivity index (χ1) is 12.0. The SMILES string of the molecule is O=C(CN1C(=O)c2ccc([N+](=O)[O-])cc2C1=O)NCc1ccncc1. The lowest BCUT2D eigenvalue weighted by Crippen LogP contribution is -2.40. The van der Waals surface area contributed by atoms with Gasteiger partial charge in [0.1, 0.15) is 6.54 Å². The Labute approximate surface area is 141 Å². The van der Waals surface area contributed by atoms with Crippen LogP contribution in [0.4, 0.5) is 5.69 Å². The average molecular weight is 340 g/mol. The summed E-state index contributed by atoms with van der Waals surface area (Å²) in [6, 6.07) is 6.87. The molecule has 0 saturated heterocycles. The van der Waals surface area contributed by atoms with Crippen LogP contribution in [-0.4, -0.2) is 39.1 Å². The summed E-state index contributed by atoms with van der Waals surface area (Å²) in [7, 11) is 0. The lowest BCUT2D eigenvalue weighted by atomic mass is 10.1. The van der Waals surface area contributed by atoms with Crippen molar-refractivity contribution < 1.29 is 19.3 Å². The number of benzene rings is 1. The van der Waals surface area contributed by atoms with Gasteiger partial charge in [-0.05, 0) is 23.8 Å². The number of aromatic nitrogens is 1. The van der Waals surface area contributed by atoms with E-state index in [4.69, 9.17) is 0 Å². The van der Waals surface area contributed by atoms with Crippen LogP contribution < -0.4 is 5.32 Å². The molecule has 1 aromatic heterocycles. The molecule has 0 saturated carbocycles. The molecule has 2 aromatic rings. The van der Waals surface area contributed by atoms with Gasteiger partial charge in [-0.1, -0.05) is 0 Å². The third-order valence-electron chi connectivity index (χ3n) is 3.71. The number of fused-ring (bicyclic) bond motifs is 1. The molecule has 9 nitrogen and oxygen atoms in total. The van der Waals surface area contributed by atoms with E-state index in [0.717, 1.165) is 22.6 Å². The zero-order chi connectivity index (χ0) is 18.0. The minimum absolute atomic E-state index is 0.0533. The Morgan fingerprint density at radius 1 is 1.12 bits per heavy atom. The Morgan fingerprint density at radius 3 is 2.48 bits per heavy atom. The van der Waals surface area contributed by atoms with Crippen LogP contribution >= 0.6 is 0 Å². The molecule has 0 spiro atoms. The van der Waals surface area contributed by atoms with Crippen molar-refractivity contribution in [1.29, 1.82) is 0 Å². The highest BCUT2D eigenvalue weighted by Gasteiger charge is 2.37. The monoisotopic (exact) mass is 340 g/mol. The zero-order valence-electron chi connectivity index (χ0n) is 12.8. The maximum Gasteiger partial charge on any atom is 0.270 e. The zero-order valence-corrected chi connectivity index (χ0v) is 12.8. The predicted molar refractivity (Wildman–Crippen MR) is 84.5 cm³/mol. The van der Waals surface area contributed by atoms with Gasteiger partial charge in [0.05, 0.1) is 16.1 Å². The molecule has 25 heavy (non-hydrogen) atoms. The van der Waals surface area contributed by atoms with Crippen LogP contribution in [0.3, 0.4) is 0 Å². The first-order valence-electron chi connectivity index (χ1n) is 7.27. The van der Waals surface area contributed by atoms with Crippen LogP contribution in [0.25, 0.3) is 0 Å². The van der Waals surface area contributed by atoms with E-state index in [1.807, 2.05) is 0 Å². The van der Waals surface area contributed by atoms with E-state index in [-0.39, 0.29) is 23.4 Å². The number of hydrogen-bond acceptors (Lipinski definition) is 6. The van der Waals surface area contributed by atoms with Crippen LogP contribution in [0, 0.1) is 10.1 Å². The fourth-order valence-electron chi connectivity index (χ4n) is 2.44. The molecule has 3 amide bonds. The topological polar surface area (TPSA) is 123 Å². The van der Waals surface area contributed by atoms with E-state index >= 15 is 0 Å².